The molecular weight excluding hydrogens is 382 g/mol. The van der Waals surface area contributed by atoms with Crippen LogP contribution in [0.1, 0.15) is 18.4 Å². The molecule has 138 valence electrons. The molecule has 1 saturated heterocycles. The Morgan fingerprint density at radius 3 is 2.44 bits per heavy atom. The van der Waals surface area contributed by atoms with Gasteiger partial charge >= 0.3 is 0 Å². The Kier molecular flexibility index (Phi) is 5.20. The topological polar surface area (TPSA) is 64.1 Å². The van der Waals surface area contributed by atoms with Gasteiger partial charge in [0.1, 0.15) is 5.01 Å². The van der Waals surface area contributed by atoms with Gasteiger partial charge in [-0.15, -0.1) is 10.2 Å². The summed E-state index contributed by atoms with van der Waals surface area (Å²) in [4.78, 5) is 13.2. The van der Waals surface area contributed by atoms with Crippen molar-refractivity contribution in [2.24, 2.45) is 0 Å². The Morgan fingerprint density at radius 2 is 1.74 bits per heavy atom. The Balaban J connectivity index is 1.58. The van der Waals surface area contributed by atoms with Crippen LogP contribution in [0.4, 0.5) is 5.13 Å². The molecule has 0 atom stereocenters. The van der Waals surface area contributed by atoms with Crippen LogP contribution in [0.25, 0.3) is 10.6 Å². The lowest BCUT2D eigenvalue weighted by atomic mass is 9.73. The summed E-state index contributed by atoms with van der Waals surface area (Å²) in [7, 11) is 0. The van der Waals surface area contributed by atoms with E-state index < -0.39 is 5.41 Å². The van der Waals surface area contributed by atoms with Gasteiger partial charge in [-0.1, -0.05) is 65.4 Å². The number of carbonyl (C=O) groups is 1. The first-order valence-electron chi connectivity index (χ1n) is 8.72. The van der Waals surface area contributed by atoms with Crippen molar-refractivity contribution in [1.29, 1.82) is 0 Å². The number of ether oxygens (including phenoxy) is 1. The highest BCUT2D eigenvalue weighted by Gasteiger charge is 2.42. The predicted octanol–water partition coefficient (Wildman–Crippen LogP) is 4.55. The Hall–Kier alpha value is -2.28. The van der Waals surface area contributed by atoms with Crippen LogP contribution in [0.3, 0.4) is 0 Å². The van der Waals surface area contributed by atoms with Gasteiger partial charge in [0.05, 0.1) is 5.41 Å². The monoisotopic (exact) mass is 399 g/mol. The molecule has 1 aliphatic rings. The van der Waals surface area contributed by atoms with Crippen molar-refractivity contribution in [2.45, 2.75) is 18.3 Å². The van der Waals surface area contributed by atoms with Crippen molar-refractivity contribution in [3.05, 3.63) is 65.2 Å². The van der Waals surface area contributed by atoms with E-state index in [0.717, 1.165) is 16.1 Å². The summed E-state index contributed by atoms with van der Waals surface area (Å²) in [5.41, 5.74) is 1.32. The fraction of sp³-hybridized carbons (Fsp3) is 0.250. The average molecular weight is 400 g/mol. The number of carbonyl (C=O) groups excluding carboxylic acids is 1. The van der Waals surface area contributed by atoms with Gasteiger partial charge < -0.3 is 4.74 Å². The maximum atomic E-state index is 13.2. The first-order chi connectivity index (χ1) is 13.2. The highest BCUT2D eigenvalue weighted by Crippen LogP contribution is 2.37. The number of nitrogens with one attached hydrogen (secondary N) is 1. The normalized spacial score (nSPS) is 16.0. The fourth-order valence-electron chi connectivity index (χ4n) is 3.32. The molecule has 3 aromatic rings. The van der Waals surface area contributed by atoms with Gasteiger partial charge in [0.15, 0.2) is 0 Å². The first-order valence-corrected chi connectivity index (χ1v) is 9.91. The number of hydrogen-bond acceptors (Lipinski definition) is 5. The molecule has 2 aromatic carbocycles. The molecule has 4 rings (SSSR count). The zero-order valence-corrected chi connectivity index (χ0v) is 16.1. The van der Waals surface area contributed by atoms with E-state index in [-0.39, 0.29) is 5.91 Å². The number of aromatic nitrogens is 2. The van der Waals surface area contributed by atoms with E-state index in [9.17, 15) is 4.79 Å². The lowest BCUT2D eigenvalue weighted by Crippen LogP contribution is -2.44. The molecule has 1 aromatic heterocycles. The molecule has 1 aliphatic heterocycles. The maximum Gasteiger partial charge on any atom is 0.237 e. The molecular formula is C20H18ClN3O2S. The molecule has 1 N–H and O–H groups in total. The molecule has 0 radical (unpaired) electrons. The van der Waals surface area contributed by atoms with E-state index in [4.69, 9.17) is 16.3 Å². The van der Waals surface area contributed by atoms with E-state index in [1.165, 1.54) is 11.3 Å². The second-order valence-electron chi connectivity index (χ2n) is 6.43. The van der Waals surface area contributed by atoms with Crippen LogP contribution in [-0.2, 0) is 14.9 Å². The summed E-state index contributed by atoms with van der Waals surface area (Å²) in [6, 6.07) is 17.3. The highest BCUT2D eigenvalue weighted by molar-refractivity contribution is 7.18. The first kappa shape index (κ1) is 18.1. The SMILES string of the molecule is O=C(Nc1nnc(-c2ccc(Cl)cc2)s1)C1(c2ccccc2)CCOCC1. The van der Waals surface area contributed by atoms with Gasteiger partial charge in [-0.3, -0.25) is 10.1 Å². The number of rotatable bonds is 4. The van der Waals surface area contributed by atoms with Crippen molar-refractivity contribution < 1.29 is 9.53 Å². The Labute approximate surface area is 166 Å². The van der Waals surface area contributed by atoms with Gasteiger partial charge in [0, 0.05) is 23.8 Å². The third-order valence-corrected chi connectivity index (χ3v) is 5.98. The minimum absolute atomic E-state index is 0.0594. The number of nitrogens with zero attached hydrogens (tertiary/aromatic N) is 2. The Morgan fingerprint density at radius 1 is 1.04 bits per heavy atom. The van der Waals surface area contributed by atoms with Crippen molar-refractivity contribution in [2.75, 3.05) is 18.5 Å². The minimum Gasteiger partial charge on any atom is -0.381 e. The molecule has 0 unspecified atom stereocenters. The van der Waals surface area contributed by atoms with E-state index >= 15 is 0 Å². The van der Waals surface area contributed by atoms with E-state index in [0.29, 0.717) is 36.2 Å². The summed E-state index contributed by atoms with van der Waals surface area (Å²) in [5, 5.41) is 13.2. The number of amides is 1. The van der Waals surface area contributed by atoms with E-state index in [1.54, 1.807) is 0 Å². The molecule has 2 heterocycles. The van der Waals surface area contributed by atoms with Crippen LogP contribution in [0.5, 0.6) is 0 Å². The minimum atomic E-state index is -0.606. The lowest BCUT2D eigenvalue weighted by molar-refractivity contribution is -0.125. The maximum absolute atomic E-state index is 13.2. The van der Waals surface area contributed by atoms with Crippen molar-refractivity contribution in [1.82, 2.24) is 10.2 Å². The number of benzene rings is 2. The standard InChI is InChI=1S/C20H18ClN3O2S/c21-16-8-6-14(7-9-16)17-23-24-19(27-17)22-18(25)20(10-12-26-13-11-20)15-4-2-1-3-5-15/h1-9H,10-13H2,(H,22,24,25). The fourth-order valence-corrected chi connectivity index (χ4v) is 4.19. The highest BCUT2D eigenvalue weighted by atomic mass is 35.5. The zero-order valence-electron chi connectivity index (χ0n) is 14.5. The molecule has 27 heavy (non-hydrogen) atoms. The Bertz CT molecular complexity index is 922. The van der Waals surface area contributed by atoms with Crippen molar-refractivity contribution >= 4 is 34.0 Å². The molecule has 1 fully saturated rings. The van der Waals surface area contributed by atoms with Gasteiger partial charge in [-0.25, -0.2) is 0 Å². The second-order valence-corrected chi connectivity index (χ2v) is 7.85. The average Bonchev–Trinajstić information content (AvgIpc) is 3.18. The molecule has 5 nitrogen and oxygen atoms in total. The van der Waals surface area contributed by atoms with Crippen LogP contribution in [0.2, 0.25) is 5.02 Å². The van der Waals surface area contributed by atoms with Crippen molar-refractivity contribution in [3.8, 4) is 10.6 Å². The van der Waals surface area contributed by atoms with Gasteiger partial charge in [-0.05, 0) is 30.5 Å². The summed E-state index contributed by atoms with van der Waals surface area (Å²) < 4.78 is 5.50. The van der Waals surface area contributed by atoms with Gasteiger partial charge in [0.2, 0.25) is 11.0 Å². The number of anilines is 1. The number of halogens is 1. The van der Waals surface area contributed by atoms with Crippen LogP contribution in [0.15, 0.2) is 54.6 Å². The van der Waals surface area contributed by atoms with Gasteiger partial charge in [-0.2, -0.15) is 0 Å². The lowest BCUT2D eigenvalue weighted by Gasteiger charge is -2.35. The molecule has 0 spiro atoms. The molecule has 7 heteroatoms. The zero-order chi connectivity index (χ0) is 18.7. The summed E-state index contributed by atoms with van der Waals surface area (Å²) in [6.07, 6.45) is 1.29. The second kappa shape index (κ2) is 7.76. The summed E-state index contributed by atoms with van der Waals surface area (Å²) in [5.74, 6) is -0.0594. The van der Waals surface area contributed by atoms with E-state index in [1.807, 2.05) is 54.6 Å². The summed E-state index contributed by atoms with van der Waals surface area (Å²) >= 11 is 7.28. The predicted molar refractivity (Wildman–Crippen MR) is 107 cm³/mol. The largest absolute Gasteiger partial charge is 0.381 e. The third kappa shape index (κ3) is 3.74. The number of hydrogen-bond donors (Lipinski definition) is 1. The molecule has 0 bridgehead atoms. The summed E-state index contributed by atoms with van der Waals surface area (Å²) in [6.45, 7) is 1.13. The molecule has 0 saturated carbocycles. The smallest absolute Gasteiger partial charge is 0.237 e. The van der Waals surface area contributed by atoms with Crippen LogP contribution >= 0.6 is 22.9 Å². The third-order valence-electron chi connectivity index (χ3n) is 4.84. The van der Waals surface area contributed by atoms with E-state index in [2.05, 4.69) is 15.5 Å². The quantitative estimate of drug-likeness (QED) is 0.699. The molecule has 0 aliphatic carbocycles. The van der Waals surface area contributed by atoms with Crippen molar-refractivity contribution in [3.63, 3.8) is 0 Å². The van der Waals surface area contributed by atoms with Crippen LogP contribution in [0, 0.1) is 0 Å². The molecule has 1 amide bonds. The van der Waals surface area contributed by atoms with Crippen LogP contribution in [-0.4, -0.2) is 29.3 Å². The van der Waals surface area contributed by atoms with Gasteiger partial charge in [0.25, 0.3) is 0 Å². The van der Waals surface area contributed by atoms with Crippen LogP contribution < -0.4 is 5.32 Å².